The number of benzene rings is 1. The topological polar surface area (TPSA) is 119 Å². The van der Waals surface area contributed by atoms with Crippen LogP contribution in [-0.4, -0.2) is 30.7 Å². The smallest absolute Gasteiger partial charge is 0.274 e. The van der Waals surface area contributed by atoms with E-state index in [1.165, 1.54) is 7.05 Å². The van der Waals surface area contributed by atoms with E-state index >= 15 is 0 Å². The third kappa shape index (κ3) is 3.28. The molecule has 1 unspecified atom stereocenters. The molecule has 0 saturated heterocycles. The number of nitrogen functional groups attached to an aromatic ring is 1. The van der Waals surface area contributed by atoms with Crippen molar-refractivity contribution >= 4 is 21.4 Å². The van der Waals surface area contributed by atoms with E-state index in [4.69, 9.17) is 5.84 Å². The van der Waals surface area contributed by atoms with Crippen molar-refractivity contribution in [1.82, 2.24) is 4.31 Å². The molecule has 0 aliphatic carbocycles. The summed E-state index contributed by atoms with van der Waals surface area (Å²) in [5.41, 5.74) is 1.04. The largest absolute Gasteiger partial charge is 0.323 e. The molecular weight excluding hydrogens is 303 g/mol. The van der Waals surface area contributed by atoms with E-state index in [-0.39, 0.29) is 11.7 Å². The monoisotopic (exact) mass is 320 g/mol. The van der Waals surface area contributed by atoms with Crippen molar-refractivity contribution in [2.75, 3.05) is 12.5 Å². The molecule has 0 spiro atoms. The number of sulfonamides is 1. The van der Waals surface area contributed by atoms with E-state index < -0.39 is 31.3 Å². The maximum Gasteiger partial charge on any atom is 0.274 e. The second kappa shape index (κ2) is 6.33. The molecule has 0 aromatic heterocycles. The number of halogens is 1. The average Bonchev–Trinajstić information content (AvgIpc) is 2.43. The Labute approximate surface area is 121 Å². The first-order valence-electron chi connectivity index (χ1n) is 6.09. The van der Waals surface area contributed by atoms with Gasteiger partial charge in [-0.05, 0) is 13.3 Å². The lowest BCUT2D eigenvalue weighted by atomic mass is 10.2. The van der Waals surface area contributed by atoms with Crippen LogP contribution in [0.1, 0.15) is 20.3 Å². The van der Waals surface area contributed by atoms with Gasteiger partial charge in [-0.15, -0.1) is 0 Å². The number of nitro groups is 1. The van der Waals surface area contributed by atoms with E-state index in [0.29, 0.717) is 12.5 Å². The highest BCUT2D eigenvalue weighted by Crippen LogP contribution is 2.31. The summed E-state index contributed by atoms with van der Waals surface area (Å²) in [7, 11) is -2.86. The van der Waals surface area contributed by atoms with Gasteiger partial charge in [0.15, 0.2) is 5.82 Å². The summed E-state index contributed by atoms with van der Waals surface area (Å²) in [6, 6.07) is 1.06. The second-order valence-corrected chi connectivity index (χ2v) is 6.42. The van der Waals surface area contributed by atoms with E-state index in [0.717, 1.165) is 10.4 Å². The molecule has 0 radical (unpaired) electrons. The lowest BCUT2D eigenvalue weighted by molar-refractivity contribution is -0.385. The molecule has 8 nitrogen and oxygen atoms in total. The first-order valence-corrected chi connectivity index (χ1v) is 7.53. The Balaban J connectivity index is 3.52. The lowest BCUT2D eigenvalue weighted by Gasteiger charge is -2.24. The zero-order valence-corrected chi connectivity index (χ0v) is 12.6. The van der Waals surface area contributed by atoms with Crippen LogP contribution in [0.3, 0.4) is 0 Å². The van der Waals surface area contributed by atoms with Gasteiger partial charge in [-0.2, -0.15) is 4.31 Å². The molecular formula is C11H17FN4O4S. The summed E-state index contributed by atoms with van der Waals surface area (Å²) < 4.78 is 39.9. The number of anilines is 1. The number of nitrogens with one attached hydrogen (secondary N) is 1. The van der Waals surface area contributed by atoms with Crippen LogP contribution in [-0.2, 0) is 10.0 Å². The quantitative estimate of drug-likeness (QED) is 0.465. The molecule has 1 rings (SSSR count). The minimum atomic E-state index is -4.17. The summed E-state index contributed by atoms with van der Waals surface area (Å²) in [4.78, 5) is 9.14. The van der Waals surface area contributed by atoms with Crippen molar-refractivity contribution in [3.05, 3.63) is 28.1 Å². The predicted molar refractivity (Wildman–Crippen MR) is 75.6 cm³/mol. The second-order valence-electron chi connectivity index (χ2n) is 4.48. The predicted octanol–water partition coefficient (Wildman–Crippen LogP) is 1.44. The molecule has 0 bridgehead atoms. The van der Waals surface area contributed by atoms with Crippen LogP contribution in [0.4, 0.5) is 15.8 Å². The zero-order chi connectivity index (χ0) is 16.4. The molecule has 1 atom stereocenters. The number of hydrogen-bond donors (Lipinski definition) is 2. The van der Waals surface area contributed by atoms with Crippen molar-refractivity contribution in [3.63, 3.8) is 0 Å². The Morgan fingerprint density at radius 2 is 2.10 bits per heavy atom. The molecule has 0 aliphatic rings. The van der Waals surface area contributed by atoms with Gasteiger partial charge in [-0.25, -0.2) is 12.8 Å². The van der Waals surface area contributed by atoms with Gasteiger partial charge in [0.1, 0.15) is 4.90 Å². The Bertz CT molecular complexity index is 650. The molecule has 1 aromatic carbocycles. The summed E-state index contributed by atoms with van der Waals surface area (Å²) in [6.45, 7) is 3.45. The van der Waals surface area contributed by atoms with Crippen molar-refractivity contribution in [2.45, 2.75) is 31.2 Å². The van der Waals surface area contributed by atoms with Gasteiger partial charge in [0.25, 0.3) is 5.69 Å². The Morgan fingerprint density at radius 3 is 2.52 bits per heavy atom. The van der Waals surface area contributed by atoms with Crippen molar-refractivity contribution in [3.8, 4) is 0 Å². The third-order valence-electron chi connectivity index (χ3n) is 3.24. The fraction of sp³-hybridized carbons (Fsp3) is 0.455. The normalized spacial score (nSPS) is 13.2. The van der Waals surface area contributed by atoms with Gasteiger partial charge >= 0.3 is 0 Å². The number of hydrazine groups is 1. The van der Waals surface area contributed by atoms with Crippen LogP contribution in [0.5, 0.6) is 0 Å². The van der Waals surface area contributed by atoms with Crippen molar-refractivity contribution in [2.24, 2.45) is 5.84 Å². The highest BCUT2D eigenvalue weighted by atomic mass is 32.2. The van der Waals surface area contributed by atoms with Crippen LogP contribution in [0.15, 0.2) is 17.0 Å². The molecule has 118 valence electrons. The lowest BCUT2D eigenvalue weighted by Crippen LogP contribution is -2.35. The van der Waals surface area contributed by atoms with Gasteiger partial charge in [-0.1, -0.05) is 6.92 Å². The van der Waals surface area contributed by atoms with Gasteiger partial charge < -0.3 is 5.43 Å². The average molecular weight is 320 g/mol. The molecule has 1 aromatic rings. The highest BCUT2D eigenvalue weighted by molar-refractivity contribution is 7.89. The number of nitro benzene ring substituents is 1. The van der Waals surface area contributed by atoms with E-state index in [1.54, 1.807) is 13.8 Å². The van der Waals surface area contributed by atoms with Crippen LogP contribution >= 0.6 is 0 Å². The van der Waals surface area contributed by atoms with E-state index in [1.807, 2.05) is 5.43 Å². The molecule has 0 fully saturated rings. The van der Waals surface area contributed by atoms with Crippen molar-refractivity contribution < 1.29 is 17.7 Å². The first kappa shape index (κ1) is 17.3. The molecule has 0 saturated carbocycles. The van der Waals surface area contributed by atoms with Gasteiger partial charge in [0.05, 0.1) is 16.7 Å². The number of hydrogen-bond acceptors (Lipinski definition) is 6. The maximum absolute atomic E-state index is 14.1. The zero-order valence-electron chi connectivity index (χ0n) is 11.8. The van der Waals surface area contributed by atoms with Crippen LogP contribution < -0.4 is 11.3 Å². The summed E-state index contributed by atoms with van der Waals surface area (Å²) in [6.07, 6.45) is 0.524. The van der Waals surface area contributed by atoms with Crippen LogP contribution in [0, 0.1) is 15.9 Å². The van der Waals surface area contributed by atoms with E-state index in [9.17, 15) is 22.9 Å². The number of nitrogens with zero attached hydrogens (tertiary/aromatic N) is 2. The molecule has 0 heterocycles. The van der Waals surface area contributed by atoms with Crippen LogP contribution in [0.2, 0.25) is 0 Å². The van der Waals surface area contributed by atoms with Gasteiger partial charge in [-0.3, -0.25) is 16.0 Å². The SMILES string of the molecule is CCC(C)N(C)S(=O)(=O)c1c(F)cc([N+](=O)[O-])cc1NN. The fourth-order valence-corrected chi connectivity index (χ4v) is 3.30. The Hall–Kier alpha value is -1.78. The fourth-order valence-electron chi connectivity index (χ4n) is 1.69. The van der Waals surface area contributed by atoms with E-state index in [2.05, 4.69) is 0 Å². The maximum atomic E-state index is 14.1. The molecule has 10 heteroatoms. The first-order chi connectivity index (χ1) is 9.66. The Kier molecular flexibility index (Phi) is 5.20. The molecule has 3 N–H and O–H groups in total. The van der Waals surface area contributed by atoms with Gasteiger partial charge in [0.2, 0.25) is 10.0 Å². The summed E-state index contributed by atoms with van der Waals surface area (Å²) >= 11 is 0. The Morgan fingerprint density at radius 1 is 1.52 bits per heavy atom. The highest BCUT2D eigenvalue weighted by Gasteiger charge is 2.32. The number of non-ortho nitro benzene ring substituents is 1. The standard InChI is InChI=1S/C11H17FN4O4S/c1-4-7(2)15(3)21(19,20)11-9(12)5-8(16(17)18)6-10(11)14-13/h5-7,14H,4,13H2,1-3H3. The van der Waals surface area contributed by atoms with Crippen molar-refractivity contribution in [1.29, 1.82) is 0 Å². The number of rotatable bonds is 6. The summed E-state index contributed by atoms with van der Waals surface area (Å²) in [5, 5.41) is 10.7. The molecule has 21 heavy (non-hydrogen) atoms. The van der Waals surface area contributed by atoms with Gasteiger partial charge in [0, 0.05) is 19.2 Å². The molecule has 0 aliphatic heterocycles. The molecule has 0 amide bonds. The third-order valence-corrected chi connectivity index (χ3v) is 5.29. The van der Waals surface area contributed by atoms with Crippen LogP contribution in [0.25, 0.3) is 0 Å². The number of nitrogens with two attached hydrogens (primary N) is 1. The minimum absolute atomic E-state index is 0.364. The summed E-state index contributed by atoms with van der Waals surface area (Å²) in [5.74, 6) is 3.94. The minimum Gasteiger partial charge on any atom is -0.323 e.